The zero-order valence-corrected chi connectivity index (χ0v) is 22.9. The van der Waals surface area contributed by atoms with Crippen LogP contribution < -0.4 is 15.4 Å². The number of nitrogens with one attached hydrogen (secondary N) is 3. The SMILES string of the molecule is CC(C)(C)NS(=O)(=O)c1cc2cc(c1)Nc1nc(ncc1Br)Nc1cccc(c1)CC2.O=C(O)C(F)(F)F. The van der Waals surface area contributed by atoms with E-state index in [0.717, 1.165) is 23.2 Å². The Morgan fingerprint density at radius 1 is 1.03 bits per heavy atom. The molecule has 2 aromatic carbocycles. The average molecular weight is 616 g/mol. The summed E-state index contributed by atoms with van der Waals surface area (Å²) in [6.45, 7) is 5.47. The van der Waals surface area contributed by atoms with Crippen LogP contribution in [-0.2, 0) is 27.7 Å². The van der Waals surface area contributed by atoms with Gasteiger partial charge in [-0.2, -0.15) is 18.2 Å². The van der Waals surface area contributed by atoms with Crippen molar-refractivity contribution < 1.29 is 31.5 Å². The Labute approximate surface area is 226 Å². The predicted molar refractivity (Wildman–Crippen MR) is 140 cm³/mol. The van der Waals surface area contributed by atoms with Gasteiger partial charge in [0, 0.05) is 23.1 Å². The Bertz CT molecular complexity index is 1440. The molecule has 0 aliphatic carbocycles. The number of alkyl halides is 3. The molecule has 14 heteroatoms. The number of carboxylic acid groups (broad SMARTS) is 1. The number of hydrogen-bond donors (Lipinski definition) is 4. The third-order valence-corrected chi connectivity index (χ3v) is 7.17. The lowest BCUT2D eigenvalue weighted by atomic mass is 10.0. The fraction of sp³-hybridized carbons (Fsp3) is 0.292. The topological polar surface area (TPSA) is 133 Å². The minimum Gasteiger partial charge on any atom is -0.475 e. The maximum Gasteiger partial charge on any atom is 0.490 e. The predicted octanol–water partition coefficient (Wildman–Crippen LogP) is 5.54. The van der Waals surface area contributed by atoms with Crippen molar-refractivity contribution in [2.24, 2.45) is 0 Å². The molecule has 0 fully saturated rings. The van der Waals surface area contributed by atoms with Gasteiger partial charge in [0.25, 0.3) is 0 Å². The average Bonchev–Trinajstić information content (AvgIpc) is 2.78. The third-order valence-electron chi connectivity index (χ3n) is 4.85. The largest absolute Gasteiger partial charge is 0.490 e. The van der Waals surface area contributed by atoms with E-state index in [9.17, 15) is 21.6 Å². The van der Waals surface area contributed by atoms with Gasteiger partial charge in [-0.3, -0.25) is 0 Å². The fourth-order valence-corrected chi connectivity index (χ4v) is 5.17. The highest BCUT2D eigenvalue weighted by molar-refractivity contribution is 9.10. The van der Waals surface area contributed by atoms with Crippen molar-refractivity contribution in [3.05, 3.63) is 64.3 Å². The highest BCUT2D eigenvalue weighted by atomic mass is 79.9. The van der Waals surface area contributed by atoms with Crippen LogP contribution in [0.15, 0.2) is 58.0 Å². The number of rotatable bonds is 2. The molecule has 38 heavy (non-hydrogen) atoms. The van der Waals surface area contributed by atoms with Crippen molar-refractivity contribution in [3.8, 4) is 0 Å². The molecule has 2 heterocycles. The van der Waals surface area contributed by atoms with Gasteiger partial charge in [0.05, 0.1) is 9.37 Å². The minimum absolute atomic E-state index is 0.217. The summed E-state index contributed by atoms with van der Waals surface area (Å²) in [5, 5.41) is 13.6. The number of nitrogens with zero attached hydrogens (tertiary/aromatic N) is 2. The molecule has 0 radical (unpaired) electrons. The normalized spacial score (nSPS) is 13.3. The van der Waals surface area contributed by atoms with Gasteiger partial charge < -0.3 is 15.7 Å². The maximum absolute atomic E-state index is 13.0. The molecule has 6 bridgehead atoms. The minimum atomic E-state index is -5.08. The summed E-state index contributed by atoms with van der Waals surface area (Å²) in [6.07, 6.45) is -1.96. The first-order valence-electron chi connectivity index (χ1n) is 11.2. The second-order valence-electron chi connectivity index (χ2n) is 9.36. The number of hydrogen-bond acceptors (Lipinski definition) is 7. The lowest BCUT2D eigenvalue weighted by molar-refractivity contribution is -0.192. The van der Waals surface area contributed by atoms with Gasteiger partial charge in [0.2, 0.25) is 16.0 Å². The molecule has 0 amide bonds. The monoisotopic (exact) mass is 615 g/mol. The molecular formula is C24H25BrF3N5O4S. The Kier molecular flexibility index (Phi) is 8.68. The lowest BCUT2D eigenvalue weighted by Gasteiger charge is -2.21. The van der Waals surface area contributed by atoms with Gasteiger partial charge in [-0.05, 0) is 91.0 Å². The summed E-state index contributed by atoms with van der Waals surface area (Å²) in [5.74, 6) is -1.77. The van der Waals surface area contributed by atoms with Crippen molar-refractivity contribution >= 4 is 55.1 Å². The summed E-state index contributed by atoms with van der Waals surface area (Å²) < 4.78 is 61.2. The Morgan fingerprint density at radius 2 is 1.66 bits per heavy atom. The van der Waals surface area contributed by atoms with Crippen LogP contribution in [0.2, 0.25) is 0 Å². The standard InChI is InChI=1S/C22H24BrN5O2S.C2HF3O2/c1-22(2,3)28-31(29,30)18-11-15-8-7-14-5-4-6-16(9-14)26-21-24-13-19(23)20(27-21)25-17(10-15)12-18;3-2(4,5)1(6)7/h4-6,9-13,28H,7-8H2,1-3H3,(H2,24,25,26,27);(H,6,7). The molecule has 1 aliphatic rings. The molecule has 0 unspecified atom stereocenters. The molecule has 4 rings (SSSR count). The van der Waals surface area contributed by atoms with E-state index in [1.54, 1.807) is 18.3 Å². The Hall–Kier alpha value is -3.23. The van der Waals surface area contributed by atoms with Crippen LogP contribution in [0.1, 0.15) is 31.9 Å². The summed E-state index contributed by atoms with van der Waals surface area (Å²) in [5.41, 5.74) is 3.01. The van der Waals surface area contributed by atoms with Crippen LogP contribution in [0.25, 0.3) is 0 Å². The number of carboxylic acids is 1. The summed E-state index contributed by atoms with van der Waals surface area (Å²) >= 11 is 3.47. The molecule has 0 atom stereocenters. The zero-order valence-electron chi connectivity index (χ0n) is 20.5. The van der Waals surface area contributed by atoms with Gasteiger partial charge in [-0.15, -0.1) is 0 Å². The van der Waals surface area contributed by atoms with E-state index in [4.69, 9.17) is 9.90 Å². The summed E-state index contributed by atoms with van der Waals surface area (Å²) in [4.78, 5) is 18.0. The van der Waals surface area contributed by atoms with E-state index in [2.05, 4.69) is 53.4 Å². The van der Waals surface area contributed by atoms with Gasteiger partial charge in [-0.1, -0.05) is 12.1 Å². The molecule has 4 N–H and O–H groups in total. The molecule has 9 nitrogen and oxygen atoms in total. The first-order chi connectivity index (χ1) is 17.5. The number of aliphatic carboxylic acids is 1. The van der Waals surface area contributed by atoms with E-state index < -0.39 is 27.7 Å². The number of carbonyl (C=O) groups is 1. The smallest absolute Gasteiger partial charge is 0.475 e. The molecule has 0 spiro atoms. The van der Waals surface area contributed by atoms with Crippen molar-refractivity contribution in [1.82, 2.24) is 14.7 Å². The van der Waals surface area contributed by atoms with Crippen LogP contribution >= 0.6 is 15.9 Å². The van der Waals surface area contributed by atoms with Crippen molar-refractivity contribution in [1.29, 1.82) is 0 Å². The van der Waals surface area contributed by atoms with Crippen molar-refractivity contribution in [2.45, 2.75) is 50.2 Å². The first-order valence-corrected chi connectivity index (χ1v) is 13.4. The maximum atomic E-state index is 13.0. The van der Waals surface area contributed by atoms with E-state index >= 15 is 0 Å². The number of aryl methyl sites for hydroxylation is 2. The number of fused-ring (bicyclic) bond motifs is 6. The Morgan fingerprint density at radius 3 is 2.29 bits per heavy atom. The van der Waals surface area contributed by atoms with Gasteiger partial charge in [0.1, 0.15) is 5.82 Å². The zero-order chi connectivity index (χ0) is 28.3. The molecule has 0 saturated heterocycles. The van der Waals surface area contributed by atoms with Crippen LogP contribution in [0.3, 0.4) is 0 Å². The Balaban J connectivity index is 0.000000505. The van der Waals surface area contributed by atoms with E-state index in [0.29, 0.717) is 28.3 Å². The van der Waals surface area contributed by atoms with Crippen molar-refractivity contribution in [3.63, 3.8) is 0 Å². The number of benzene rings is 2. The third kappa shape index (κ3) is 8.39. The fourth-order valence-electron chi connectivity index (χ4n) is 3.37. The number of sulfonamides is 1. The van der Waals surface area contributed by atoms with E-state index in [1.807, 2.05) is 39.0 Å². The van der Waals surface area contributed by atoms with E-state index in [1.165, 1.54) is 0 Å². The van der Waals surface area contributed by atoms with Crippen LogP contribution in [0, 0.1) is 0 Å². The highest BCUT2D eigenvalue weighted by Crippen LogP contribution is 2.29. The quantitative estimate of drug-likeness (QED) is 0.295. The van der Waals surface area contributed by atoms with Crippen LogP contribution in [-0.4, -0.2) is 41.2 Å². The molecule has 204 valence electrons. The van der Waals surface area contributed by atoms with Gasteiger partial charge in [-0.25, -0.2) is 22.9 Å². The molecule has 1 aliphatic heterocycles. The van der Waals surface area contributed by atoms with Crippen LogP contribution in [0.4, 0.5) is 36.3 Å². The highest BCUT2D eigenvalue weighted by Gasteiger charge is 2.38. The molecule has 1 aromatic heterocycles. The first kappa shape index (κ1) is 29.3. The number of anilines is 4. The molecular weight excluding hydrogens is 591 g/mol. The molecule has 0 saturated carbocycles. The van der Waals surface area contributed by atoms with Crippen LogP contribution in [0.5, 0.6) is 0 Å². The number of halogens is 4. The second kappa shape index (κ2) is 11.3. The van der Waals surface area contributed by atoms with Crippen molar-refractivity contribution in [2.75, 3.05) is 10.6 Å². The second-order valence-corrected chi connectivity index (χ2v) is 11.9. The van der Waals surface area contributed by atoms with Gasteiger partial charge >= 0.3 is 12.1 Å². The summed E-state index contributed by atoms with van der Waals surface area (Å²) in [7, 11) is -3.69. The van der Waals surface area contributed by atoms with E-state index in [-0.39, 0.29) is 4.90 Å². The lowest BCUT2D eigenvalue weighted by Crippen LogP contribution is -2.40. The summed E-state index contributed by atoms with van der Waals surface area (Å²) in [6, 6.07) is 13.4. The molecule has 3 aromatic rings. The number of aromatic nitrogens is 2. The van der Waals surface area contributed by atoms with Gasteiger partial charge in [0.15, 0.2) is 0 Å².